The molecule has 3 aromatic rings. The van der Waals surface area contributed by atoms with Crippen LogP contribution in [-0.2, 0) is 10.0 Å². The topological polar surface area (TPSA) is 88.4 Å². The van der Waals surface area contributed by atoms with Crippen LogP contribution in [0, 0.1) is 6.92 Å². The Balaban J connectivity index is 2.17. The summed E-state index contributed by atoms with van der Waals surface area (Å²) in [6, 6.07) is 13.6. The largest absolute Gasteiger partial charge is 0.421 e. The van der Waals surface area contributed by atoms with Crippen LogP contribution in [0.3, 0.4) is 0 Å². The molecule has 0 fully saturated rings. The summed E-state index contributed by atoms with van der Waals surface area (Å²) >= 11 is 0. The summed E-state index contributed by atoms with van der Waals surface area (Å²) in [7, 11) is -3.93. The number of nitrogens with one attached hydrogen (secondary N) is 2. The predicted octanol–water partition coefficient (Wildman–Crippen LogP) is 3.72. The van der Waals surface area contributed by atoms with Crippen molar-refractivity contribution >= 4 is 32.4 Å². The van der Waals surface area contributed by atoms with E-state index in [-0.39, 0.29) is 10.6 Å². The molecule has 0 aliphatic carbocycles. The maximum Gasteiger partial charge on any atom is 0.363 e. The van der Waals surface area contributed by atoms with Crippen molar-refractivity contribution in [2.24, 2.45) is 0 Å². The fourth-order valence-electron chi connectivity index (χ4n) is 2.72. The molecular formula is C19H20N2O4S. The molecule has 2 N–H and O–H groups in total. The SMILES string of the molecule is CCCNc1c(NS(=O)(=O)c2ccccc2C)c(=O)oc2ccccc12. The highest BCUT2D eigenvalue weighted by atomic mass is 32.2. The molecule has 0 bridgehead atoms. The van der Waals surface area contributed by atoms with Crippen molar-refractivity contribution in [3.05, 3.63) is 64.5 Å². The highest BCUT2D eigenvalue weighted by Crippen LogP contribution is 2.30. The number of hydrogen-bond acceptors (Lipinski definition) is 5. The average molecular weight is 372 g/mol. The average Bonchev–Trinajstić information content (AvgIpc) is 2.61. The van der Waals surface area contributed by atoms with Crippen LogP contribution in [0.1, 0.15) is 18.9 Å². The van der Waals surface area contributed by atoms with Crippen LogP contribution in [0.4, 0.5) is 11.4 Å². The molecule has 0 saturated carbocycles. The molecule has 0 aliphatic heterocycles. The standard InChI is InChI=1S/C19H20N2O4S/c1-3-12-20-17-14-9-5-6-10-15(14)25-19(22)18(17)21-26(23,24)16-11-7-4-8-13(16)2/h4-11,20-21H,3,12H2,1-2H3. The number of rotatable bonds is 6. The molecular weight excluding hydrogens is 352 g/mol. The summed E-state index contributed by atoms with van der Waals surface area (Å²) in [5, 5.41) is 3.79. The molecule has 1 aromatic heterocycles. The number of anilines is 2. The van der Waals surface area contributed by atoms with Crippen LogP contribution in [0.25, 0.3) is 11.0 Å². The maximum absolute atomic E-state index is 12.8. The van der Waals surface area contributed by atoms with Crippen molar-refractivity contribution in [1.29, 1.82) is 0 Å². The van der Waals surface area contributed by atoms with Crippen LogP contribution >= 0.6 is 0 Å². The summed E-state index contributed by atoms with van der Waals surface area (Å²) in [5.74, 6) is 0. The minimum Gasteiger partial charge on any atom is -0.421 e. The van der Waals surface area contributed by atoms with Gasteiger partial charge in [-0.1, -0.05) is 37.3 Å². The molecule has 1 heterocycles. The second kappa shape index (κ2) is 7.21. The number of sulfonamides is 1. The van der Waals surface area contributed by atoms with E-state index < -0.39 is 15.6 Å². The molecule has 3 rings (SSSR count). The van der Waals surface area contributed by atoms with E-state index in [1.54, 1.807) is 49.4 Å². The number of fused-ring (bicyclic) bond motifs is 1. The first-order valence-corrected chi connectivity index (χ1v) is 9.80. The van der Waals surface area contributed by atoms with Gasteiger partial charge in [-0.05, 0) is 37.1 Å². The monoisotopic (exact) mass is 372 g/mol. The van der Waals surface area contributed by atoms with Crippen LogP contribution in [0.15, 0.2) is 62.6 Å². The van der Waals surface area contributed by atoms with Gasteiger partial charge in [0.05, 0.1) is 10.6 Å². The maximum atomic E-state index is 12.8. The zero-order valence-electron chi connectivity index (χ0n) is 14.6. The van der Waals surface area contributed by atoms with E-state index in [4.69, 9.17) is 4.42 Å². The van der Waals surface area contributed by atoms with E-state index in [0.29, 0.717) is 28.8 Å². The van der Waals surface area contributed by atoms with E-state index in [2.05, 4.69) is 10.0 Å². The summed E-state index contributed by atoms with van der Waals surface area (Å²) in [4.78, 5) is 12.6. The fourth-order valence-corrected chi connectivity index (χ4v) is 4.04. The van der Waals surface area contributed by atoms with Crippen molar-refractivity contribution in [2.75, 3.05) is 16.6 Å². The van der Waals surface area contributed by atoms with Gasteiger partial charge < -0.3 is 9.73 Å². The van der Waals surface area contributed by atoms with Gasteiger partial charge in [0.25, 0.3) is 10.0 Å². The van der Waals surface area contributed by atoms with E-state index in [0.717, 1.165) is 6.42 Å². The van der Waals surface area contributed by atoms with Crippen molar-refractivity contribution in [2.45, 2.75) is 25.2 Å². The van der Waals surface area contributed by atoms with Gasteiger partial charge in [-0.15, -0.1) is 0 Å². The highest BCUT2D eigenvalue weighted by molar-refractivity contribution is 7.92. The van der Waals surface area contributed by atoms with Crippen molar-refractivity contribution in [3.63, 3.8) is 0 Å². The van der Waals surface area contributed by atoms with E-state index in [1.165, 1.54) is 6.07 Å². The minimum atomic E-state index is -3.93. The summed E-state index contributed by atoms with van der Waals surface area (Å²) in [5.41, 5.74) is 0.568. The van der Waals surface area contributed by atoms with E-state index >= 15 is 0 Å². The molecule has 7 heteroatoms. The lowest BCUT2D eigenvalue weighted by atomic mass is 10.2. The van der Waals surface area contributed by atoms with Gasteiger partial charge >= 0.3 is 5.63 Å². The molecule has 0 aliphatic rings. The summed E-state index contributed by atoms with van der Waals surface area (Å²) in [6.45, 7) is 4.28. The second-order valence-corrected chi connectivity index (χ2v) is 7.58. The molecule has 0 radical (unpaired) electrons. The minimum absolute atomic E-state index is 0.111. The summed E-state index contributed by atoms with van der Waals surface area (Å²) in [6.07, 6.45) is 0.818. The molecule has 0 saturated heterocycles. The second-order valence-electron chi connectivity index (χ2n) is 5.93. The van der Waals surface area contributed by atoms with E-state index in [9.17, 15) is 13.2 Å². The Kier molecular flexibility index (Phi) is 4.99. The Hall–Kier alpha value is -2.80. The molecule has 2 aromatic carbocycles. The third-order valence-electron chi connectivity index (χ3n) is 3.98. The zero-order chi connectivity index (χ0) is 18.7. The first-order valence-electron chi connectivity index (χ1n) is 8.32. The third-order valence-corrected chi connectivity index (χ3v) is 5.49. The summed E-state index contributed by atoms with van der Waals surface area (Å²) < 4.78 is 33.4. The lowest BCUT2D eigenvalue weighted by Gasteiger charge is -2.15. The van der Waals surface area contributed by atoms with Gasteiger partial charge in [0.1, 0.15) is 5.58 Å². The van der Waals surface area contributed by atoms with E-state index in [1.807, 2.05) is 6.92 Å². The zero-order valence-corrected chi connectivity index (χ0v) is 15.4. The number of para-hydroxylation sites is 1. The molecule has 0 amide bonds. The first kappa shape index (κ1) is 18.0. The van der Waals surface area contributed by atoms with Gasteiger partial charge in [0, 0.05) is 11.9 Å². The Morgan fingerprint density at radius 2 is 1.69 bits per heavy atom. The quantitative estimate of drug-likeness (QED) is 0.644. The number of hydrogen-bond donors (Lipinski definition) is 2. The molecule has 26 heavy (non-hydrogen) atoms. The first-order chi connectivity index (χ1) is 12.4. The third kappa shape index (κ3) is 3.43. The van der Waals surface area contributed by atoms with Crippen molar-refractivity contribution in [1.82, 2.24) is 0 Å². The molecule has 136 valence electrons. The number of aryl methyl sites for hydroxylation is 1. The molecule has 0 atom stereocenters. The molecule has 6 nitrogen and oxygen atoms in total. The van der Waals surface area contributed by atoms with Gasteiger partial charge in [0.2, 0.25) is 0 Å². The van der Waals surface area contributed by atoms with Crippen LogP contribution < -0.4 is 15.7 Å². The number of benzene rings is 2. The molecule has 0 unspecified atom stereocenters. The van der Waals surface area contributed by atoms with Crippen molar-refractivity contribution < 1.29 is 12.8 Å². The Bertz CT molecular complexity index is 1100. The highest BCUT2D eigenvalue weighted by Gasteiger charge is 2.22. The Morgan fingerprint density at radius 1 is 1.00 bits per heavy atom. The van der Waals surface area contributed by atoms with Crippen molar-refractivity contribution in [3.8, 4) is 0 Å². The Labute approximate surface area is 151 Å². The lowest BCUT2D eigenvalue weighted by Crippen LogP contribution is -2.21. The Morgan fingerprint density at radius 3 is 2.42 bits per heavy atom. The fraction of sp³-hybridized carbons (Fsp3) is 0.211. The normalized spacial score (nSPS) is 11.5. The van der Waals surface area contributed by atoms with Gasteiger partial charge in [-0.3, -0.25) is 4.72 Å². The van der Waals surface area contributed by atoms with Gasteiger partial charge in [-0.2, -0.15) is 0 Å². The molecule has 0 spiro atoms. The van der Waals surface area contributed by atoms with Crippen LogP contribution in [0.2, 0.25) is 0 Å². The smallest absolute Gasteiger partial charge is 0.363 e. The lowest BCUT2D eigenvalue weighted by molar-refractivity contribution is 0.563. The van der Waals surface area contributed by atoms with Gasteiger partial charge in [-0.25, -0.2) is 13.2 Å². The van der Waals surface area contributed by atoms with Gasteiger partial charge in [0.15, 0.2) is 5.69 Å². The van der Waals surface area contributed by atoms with Crippen LogP contribution in [-0.4, -0.2) is 15.0 Å². The predicted molar refractivity (Wildman–Crippen MR) is 103 cm³/mol. The van der Waals surface area contributed by atoms with Crippen LogP contribution in [0.5, 0.6) is 0 Å².